The summed E-state index contributed by atoms with van der Waals surface area (Å²) in [5.41, 5.74) is 2.72. The predicted octanol–water partition coefficient (Wildman–Crippen LogP) is -2.49. The zero-order valence-electron chi connectivity index (χ0n) is 24.1. The summed E-state index contributed by atoms with van der Waals surface area (Å²) in [6.45, 7) is 10.9. The molecule has 2 aliphatic heterocycles. The van der Waals surface area contributed by atoms with Gasteiger partial charge in [0.05, 0.1) is 18.8 Å². The van der Waals surface area contributed by atoms with E-state index in [0.29, 0.717) is 6.42 Å². The van der Waals surface area contributed by atoms with Crippen molar-refractivity contribution in [1.29, 1.82) is 0 Å². The lowest BCUT2D eigenvalue weighted by Gasteiger charge is -2.51. The average Bonchev–Trinajstić information content (AvgIpc) is 2.91. The molecule has 1 aliphatic carbocycles. The summed E-state index contributed by atoms with van der Waals surface area (Å²) in [5.74, 6) is -1.77. The first kappa shape index (κ1) is 34.2. The van der Waals surface area contributed by atoms with Gasteiger partial charge in [-0.25, -0.2) is 0 Å². The molecule has 9 N–H and O–H groups in total. The van der Waals surface area contributed by atoms with Crippen LogP contribution in [0.2, 0.25) is 0 Å². The maximum Gasteiger partial charge on any atom is 0.317 e. The van der Waals surface area contributed by atoms with Crippen molar-refractivity contribution < 1.29 is 64.2 Å². The minimum atomic E-state index is -1.96. The molecular weight excluding hydrogens is 546 g/mol. The quantitative estimate of drug-likeness (QED) is 0.108. The Morgan fingerprint density at radius 3 is 2.07 bits per heavy atom. The molecule has 3 fully saturated rings. The highest BCUT2D eigenvalue weighted by Crippen LogP contribution is 2.42. The number of carbonyl (C=O) groups is 1. The Labute approximate surface area is 239 Å². The maximum atomic E-state index is 13.2. The van der Waals surface area contributed by atoms with Crippen molar-refractivity contribution in [3.8, 4) is 0 Å². The molecule has 0 bridgehead atoms. The standard InChI is InChI=1S/C27H47NO13/c1-7-12-8-11(2)19(18(33)20(12)40-23-17(32)16(31)15(30)13(9-28)37-23)39-24-22(35)27(6,21(34)14(10-29)38-24)25(36)41-26(3,4)5/h7,11-24,29-35H,1,8-10,28H2,2-6H3. The number of ether oxygens (including phenoxy) is 5. The molecule has 14 nitrogen and oxygen atoms in total. The smallest absolute Gasteiger partial charge is 0.317 e. The third-order valence-electron chi connectivity index (χ3n) is 8.25. The Hall–Kier alpha value is -1.27. The summed E-state index contributed by atoms with van der Waals surface area (Å²) < 4.78 is 28.7. The highest BCUT2D eigenvalue weighted by molar-refractivity contribution is 5.78. The number of nitrogens with two attached hydrogens (primary N) is 1. The summed E-state index contributed by atoms with van der Waals surface area (Å²) >= 11 is 0. The van der Waals surface area contributed by atoms with Gasteiger partial charge in [-0.05, 0) is 40.0 Å². The molecule has 238 valence electrons. The van der Waals surface area contributed by atoms with Crippen LogP contribution < -0.4 is 5.73 Å². The largest absolute Gasteiger partial charge is 0.459 e. The van der Waals surface area contributed by atoms with E-state index in [9.17, 15) is 40.5 Å². The highest BCUT2D eigenvalue weighted by Gasteiger charge is 2.60. The molecule has 2 saturated heterocycles. The first-order valence-electron chi connectivity index (χ1n) is 13.9. The van der Waals surface area contributed by atoms with Crippen molar-refractivity contribution >= 4 is 5.97 Å². The second-order valence-corrected chi connectivity index (χ2v) is 12.5. The van der Waals surface area contributed by atoms with E-state index in [1.807, 2.05) is 0 Å². The minimum Gasteiger partial charge on any atom is -0.459 e. The van der Waals surface area contributed by atoms with Crippen LogP contribution >= 0.6 is 0 Å². The van der Waals surface area contributed by atoms with E-state index in [2.05, 4.69) is 6.58 Å². The first-order valence-corrected chi connectivity index (χ1v) is 13.9. The molecule has 0 amide bonds. The summed E-state index contributed by atoms with van der Waals surface area (Å²) in [6, 6.07) is 0. The monoisotopic (exact) mass is 593 g/mol. The molecule has 3 aliphatic rings. The second kappa shape index (κ2) is 13.2. The van der Waals surface area contributed by atoms with Crippen LogP contribution in [0.5, 0.6) is 0 Å². The van der Waals surface area contributed by atoms with Gasteiger partial charge in [0.15, 0.2) is 12.6 Å². The van der Waals surface area contributed by atoms with Gasteiger partial charge >= 0.3 is 5.97 Å². The van der Waals surface area contributed by atoms with Gasteiger partial charge in [-0.1, -0.05) is 13.0 Å². The molecule has 14 heteroatoms. The van der Waals surface area contributed by atoms with Crippen LogP contribution in [0.15, 0.2) is 12.7 Å². The van der Waals surface area contributed by atoms with E-state index in [-0.39, 0.29) is 12.5 Å². The molecule has 1 saturated carbocycles. The maximum absolute atomic E-state index is 13.2. The lowest BCUT2D eigenvalue weighted by atomic mass is 9.73. The lowest BCUT2D eigenvalue weighted by Crippen LogP contribution is -2.67. The second-order valence-electron chi connectivity index (χ2n) is 12.5. The molecule has 0 aromatic carbocycles. The fourth-order valence-electron chi connectivity index (χ4n) is 5.68. The SMILES string of the molecule is C=CC1CC(C)C(OC2OC(CO)C(O)C(C)(C(=O)OC(C)(C)C)C2O)C(O)C1OC1OC(CN)C(O)C(O)C1O. The van der Waals surface area contributed by atoms with Crippen LogP contribution in [-0.2, 0) is 28.5 Å². The number of esters is 1. The van der Waals surface area contributed by atoms with Crippen molar-refractivity contribution in [1.82, 2.24) is 0 Å². The summed E-state index contributed by atoms with van der Waals surface area (Å²) in [4.78, 5) is 13.2. The summed E-state index contributed by atoms with van der Waals surface area (Å²) in [5, 5.41) is 74.4. The zero-order valence-corrected chi connectivity index (χ0v) is 24.1. The molecule has 0 aromatic heterocycles. The molecular formula is C27H47NO13. The van der Waals surface area contributed by atoms with Crippen molar-refractivity contribution in [3.05, 3.63) is 12.7 Å². The highest BCUT2D eigenvalue weighted by atomic mass is 16.7. The van der Waals surface area contributed by atoms with Crippen LogP contribution in [0.25, 0.3) is 0 Å². The van der Waals surface area contributed by atoms with E-state index in [4.69, 9.17) is 29.4 Å². The van der Waals surface area contributed by atoms with E-state index >= 15 is 0 Å². The zero-order chi connectivity index (χ0) is 31.0. The van der Waals surface area contributed by atoms with E-state index in [1.54, 1.807) is 33.8 Å². The van der Waals surface area contributed by atoms with E-state index < -0.39 is 103 Å². The van der Waals surface area contributed by atoms with Crippen molar-refractivity contribution in [3.63, 3.8) is 0 Å². The Morgan fingerprint density at radius 1 is 0.951 bits per heavy atom. The number of rotatable bonds is 8. The Morgan fingerprint density at radius 2 is 1.54 bits per heavy atom. The van der Waals surface area contributed by atoms with Crippen LogP contribution in [-0.4, -0.2) is 134 Å². The van der Waals surface area contributed by atoms with Gasteiger partial charge in [0, 0.05) is 12.5 Å². The lowest BCUT2D eigenvalue weighted by molar-refractivity contribution is -0.348. The Kier molecular flexibility index (Phi) is 11.0. The van der Waals surface area contributed by atoms with Gasteiger partial charge in [0.2, 0.25) is 0 Å². The number of hydrogen-bond donors (Lipinski definition) is 8. The number of carbonyl (C=O) groups excluding carboxylic acids is 1. The minimum absolute atomic E-state index is 0.170. The first-order chi connectivity index (χ1) is 19.0. The molecule has 3 rings (SSSR count). The molecule has 41 heavy (non-hydrogen) atoms. The Balaban J connectivity index is 1.85. The normalized spacial score (nSPS) is 47.5. The van der Waals surface area contributed by atoms with Gasteiger partial charge in [-0.15, -0.1) is 6.58 Å². The van der Waals surface area contributed by atoms with Crippen molar-refractivity contribution in [2.24, 2.45) is 23.0 Å². The third-order valence-corrected chi connectivity index (χ3v) is 8.25. The molecule has 0 spiro atoms. The van der Waals surface area contributed by atoms with E-state index in [1.165, 1.54) is 6.92 Å². The number of aliphatic hydroxyl groups is 7. The number of hydrogen-bond acceptors (Lipinski definition) is 14. The van der Waals surface area contributed by atoms with Crippen LogP contribution in [0.4, 0.5) is 0 Å². The topological polar surface area (TPSA) is 231 Å². The van der Waals surface area contributed by atoms with Gasteiger partial charge < -0.3 is 65.2 Å². The van der Waals surface area contributed by atoms with Gasteiger partial charge in [0.1, 0.15) is 59.8 Å². The van der Waals surface area contributed by atoms with Gasteiger partial charge in [0.25, 0.3) is 0 Å². The van der Waals surface area contributed by atoms with Crippen LogP contribution in [0, 0.1) is 17.3 Å². The molecule has 2 heterocycles. The molecule has 15 unspecified atom stereocenters. The molecule has 0 radical (unpaired) electrons. The summed E-state index contributed by atoms with van der Waals surface area (Å²) in [7, 11) is 0. The van der Waals surface area contributed by atoms with Crippen LogP contribution in [0.1, 0.15) is 41.0 Å². The summed E-state index contributed by atoms with van der Waals surface area (Å²) in [6.07, 6.45) is -15.2. The van der Waals surface area contributed by atoms with Crippen molar-refractivity contribution in [2.45, 2.75) is 120 Å². The molecule has 15 atom stereocenters. The predicted molar refractivity (Wildman–Crippen MR) is 141 cm³/mol. The number of aliphatic hydroxyl groups excluding tert-OH is 7. The Bertz CT molecular complexity index is 899. The van der Waals surface area contributed by atoms with Crippen LogP contribution in [0.3, 0.4) is 0 Å². The molecule has 0 aromatic rings. The fraction of sp³-hybridized carbons (Fsp3) is 0.889. The van der Waals surface area contributed by atoms with Gasteiger partial charge in [-0.3, -0.25) is 4.79 Å². The average molecular weight is 594 g/mol. The fourth-order valence-corrected chi connectivity index (χ4v) is 5.68. The van der Waals surface area contributed by atoms with Gasteiger partial charge in [-0.2, -0.15) is 0 Å². The van der Waals surface area contributed by atoms with E-state index in [0.717, 1.165) is 0 Å². The third kappa shape index (κ3) is 6.79. The van der Waals surface area contributed by atoms with Crippen molar-refractivity contribution in [2.75, 3.05) is 13.2 Å².